The monoisotopic (exact) mass is 311 g/mol. The Kier molecular flexibility index (Phi) is 4.39. The van der Waals surface area contributed by atoms with Gasteiger partial charge in [0.25, 0.3) is 0 Å². The smallest absolute Gasteiger partial charge is 0.138 e. The van der Waals surface area contributed by atoms with Crippen LogP contribution in [0, 0.1) is 0 Å². The number of nitrogens with one attached hydrogen (secondary N) is 1. The van der Waals surface area contributed by atoms with Gasteiger partial charge in [0.1, 0.15) is 17.0 Å². The molecule has 0 fully saturated rings. The Labute approximate surface area is 135 Å². The summed E-state index contributed by atoms with van der Waals surface area (Å²) in [4.78, 5) is 9.88. The van der Waals surface area contributed by atoms with Gasteiger partial charge in [0.05, 0.1) is 5.39 Å². The minimum absolute atomic E-state index is 0.554. The van der Waals surface area contributed by atoms with Gasteiger partial charge >= 0.3 is 0 Å². The summed E-state index contributed by atoms with van der Waals surface area (Å²) in [7, 11) is 0. The molecule has 0 saturated heterocycles. The molecule has 0 bridgehead atoms. The maximum absolute atomic E-state index is 4.43. The van der Waals surface area contributed by atoms with Gasteiger partial charge in [0.15, 0.2) is 0 Å². The van der Waals surface area contributed by atoms with Crippen molar-refractivity contribution < 1.29 is 0 Å². The molecule has 3 aromatic rings. The van der Waals surface area contributed by atoms with E-state index in [-0.39, 0.29) is 0 Å². The number of aromatic nitrogens is 2. The van der Waals surface area contributed by atoms with Crippen molar-refractivity contribution in [3.63, 3.8) is 0 Å². The van der Waals surface area contributed by atoms with Crippen LogP contribution in [-0.4, -0.2) is 16.5 Å². The van der Waals surface area contributed by atoms with Crippen LogP contribution in [0.4, 0.5) is 5.82 Å². The van der Waals surface area contributed by atoms with E-state index >= 15 is 0 Å². The highest BCUT2D eigenvalue weighted by Gasteiger charge is 2.13. The molecule has 0 aliphatic heterocycles. The van der Waals surface area contributed by atoms with Gasteiger partial charge in [-0.1, -0.05) is 45.0 Å². The molecule has 2 heterocycles. The van der Waals surface area contributed by atoms with Crippen molar-refractivity contribution in [2.75, 3.05) is 11.9 Å². The Balaban J connectivity index is 2.06. The van der Waals surface area contributed by atoms with Crippen molar-refractivity contribution in [2.24, 2.45) is 0 Å². The van der Waals surface area contributed by atoms with E-state index in [1.165, 1.54) is 16.7 Å². The molecular formula is C18H21N3S. The van der Waals surface area contributed by atoms with Crippen LogP contribution in [0.15, 0.2) is 36.0 Å². The Morgan fingerprint density at radius 3 is 2.59 bits per heavy atom. The topological polar surface area (TPSA) is 37.8 Å². The van der Waals surface area contributed by atoms with Gasteiger partial charge in [0, 0.05) is 17.5 Å². The minimum atomic E-state index is 0.554. The number of fused-ring (bicyclic) bond motifs is 1. The first-order chi connectivity index (χ1) is 10.7. The third-order valence-corrected chi connectivity index (χ3v) is 4.69. The number of benzene rings is 1. The molecule has 0 aliphatic rings. The summed E-state index contributed by atoms with van der Waals surface area (Å²) < 4.78 is 0. The molecular weight excluding hydrogens is 290 g/mol. The molecule has 0 aliphatic carbocycles. The van der Waals surface area contributed by atoms with Gasteiger partial charge in [-0.15, -0.1) is 11.3 Å². The third-order valence-electron chi connectivity index (χ3n) is 3.80. The Morgan fingerprint density at radius 1 is 1.14 bits per heavy atom. The fraction of sp³-hybridized carbons (Fsp3) is 0.333. The molecule has 22 heavy (non-hydrogen) atoms. The normalized spacial score (nSPS) is 11.3. The lowest BCUT2D eigenvalue weighted by molar-refractivity contribution is 0.867. The number of hydrogen-bond donors (Lipinski definition) is 1. The van der Waals surface area contributed by atoms with E-state index in [2.05, 4.69) is 65.7 Å². The second-order valence-corrected chi connectivity index (χ2v) is 6.61. The number of anilines is 1. The Hall–Kier alpha value is -1.94. The molecule has 2 aromatic heterocycles. The standard InChI is InChI=1S/C18H21N3S/c1-4-9-19-17-16-15(10-22-18(16)21-11-20-17)14-7-5-13(6-8-14)12(2)3/h5-8,10-12H,4,9H2,1-3H3,(H,19,20,21). The van der Waals surface area contributed by atoms with Gasteiger partial charge < -0.3 is 5.32 Å². The van der Waals surface area contributed by atoms with E-state index in [4.69, 9.17) is 0 Å². The Morgan fingerprint density at radius 2 is 1.91 bits per heavy atom. The molecule has 1 N–H and O–H groups in total. The molecule has 1 aromatic carbocycles. The van der Waals surface area contributed by atoms with E-state index in [1.54, 1.807) is 17.7 Å². The highest BCUT2D eigenvalue weighted by atomic mass is 32.1. The lowest BCUT2D eigenvalue weighted by Gasteiger charge is -2.09. The highest BCUT2D eigenvalue weighted by Crippen LogP contribution is 2.36. The van der Waals surface area contributed by atoms with Crippen LogP contribution < -0.4 is 5.32 Å². The molecule has 0 saturated carbocycles. The molecule has 0 unspecified atom stereocenters. The molecule has 4 heteroatoms. The number of hydrogen-bond acceptors (Lipinski definition) is 4. The van der Waals surface area contributed by atoms with E-state index in [0.29, 0.717) is 5.92 Å². The second kappa shape index (κ2) is 6.44. The number of nitrogens with zero attached hydrogens (tertiary/aromatic N) is 2. The Bertz CT molecular complexity index is 760. The van der Waals surface area contributed by atoms with E-state index in [9.17, 15) is 0 Å². The fourth-order valence-electron chi connectivity index (χ4n) is 2.51. The number of rotatable bonds is 5. The summed E-state index contributed by atoms with van der Waals surface area (Å²) in [5.74, 6) is 1.49. The lowest BCUT2D eigenvalue weighted by Crippen LogP contribution is -2.02. The molecule has 0 radical (unpaired) electrons. The molecule has 0 atom stereocenters. The molecule has 0 amide bonds. The quantitative estimate of drug-likeness (QED) is 0.694. The van der Waals surface area contributed by atoms with Crippen LogP contribution >= 0.6 is 11.3 Å². The van der Waals surface area contributed by atoms with E-state index in [0.717, 1.165) is 29.0 Å². The maximum Gasteiger partial charge on any atom is 0.138 e. The van der Waals surface area contributed by atoms with Crippen LogP contribution in [0.5, 0.6) is 0 Å². The van der Waals surface area contributed by atoms with Crippen molar-refractivity contribution in [1.82, 2.24) is 9.97 Å². The number of thiophene rings is 1. The zero-order valence-electron chi connectivity index (χ0n) is 13.3. The summed E-state index contributed by atoms with van der Waals surface area (Å²) in [6, 6.07) is 8.83. The van der Waals surface area contributed by atoms with Crippen molar-refractivity contribution in [3.05, 3.63) is 41.5 Å². The SMILES string of the molecule is CCCNc1ncnc2scc(-c3ccc(C(C)C)cc3)c12. The minimum Gasteiger partial charge on any atom is -0.369 e. The molecule has 0 spiro atoms. The second-order valence-electron chi connectivity index (χ2n) is 5.76. The third kappa shape index (κ3) is 2.83. The van der Waals surface area contributed by atoms with Crippen LogP contribution in [0.1, 0.15) is 38.7 Å². The predicted molar refractivity (Wildman–Crippen MR) is 95.7 cm³/mol. The van der Waals surface area contributed by atoms with Crippen LogP contribution in [0.25, 0.3) is 21.3 Å². The summed E-state index contributed by atoms with van der Waals surface area (Å²) in [5, 5.41) is 6.74. The predicted octanol–water partition coefficient (Wildman–Crippen LogP) is 5.30. The van der Waals surface area contributed by atoms with Gasteiger partial charge in [0.2, 0.25) is 0 Å². The summed E-state index contributed by atoms with van der Waals surface area (Å²) >= 11 is 1.68. The van der Waals surface area contributed by atoms with Crippen molar-refractivity contribution in [2.45, 2.75) is 33.1 Å². The van der Waals surface area contributed by atoms with Crippen molar-refractivity contribution in [3.8, 4) is 11.1 Å². The highest BCUT2D eigenvalue weighted by molar-refractivity contribution is 7.17. The van der Waals surface area contributed by atoms with Crippen molar-refractivity contribution >= 4 is 27.4 Å². The van der Waals surface area contributed by atoms with Crippen LogP contribution in [0.3, 0.4) is 0 Å². The average molecular weight is 311 g/mol. The summed E-state index contributed by atoms with van der Waals surface area (Å²) in [5.41, 5.74) is 3.81. The van der Waals surface area contributed by atoms with Crippen LogP contribution in [-0.2, 0) is 0 Å². The van der Waals surface area contributed by atoms with Gasteiger partial charge in [-0.2, -0.15) is 0 Å². The molecule has 3 rings (SSSR count). The lowest BCUT2D eigenvalue weighted by atomic mass is 9.99. The van der Waals surface area contributed by atoms with Gasteiger partial charge in [-0.05, 0) is 23.5 Å². The summed E-state index contributed by atoms with van der Waals surface area (Å²) in [6.07, 6.45) is 2.72. The van der Waals surface area contributed by atoms with E-state index < -0.39 is 0 Å². The van der Waals surface area contributed by atoms with Crippen molar-refractivity contribution in [1.29, 1.82) is 0 Å². The average Bonchev–Trinajstić information content (AvgIpc) is 2.97. The van der Waals surface area contributed by atoms with Gasteiger partial charge in [-0.3, -0.25) is 0 Å². The van der Waals surface area contributed by atoms with E-state index in [1.807, 2.05) is 0 Å². The first-order valence-electron chi connectivity index (χ1n) is 7.77. The molecule has 3 nitrogen and oxygen atoms in total. The zero-order valence-corrected chi connectivity index (χ0v) is 14.1. The maximum atomic E-state index is 4.43. The zero-order chi connectivity index (χ0) is 15.5. The fourth-order valence-corrected chi connectivity index (χ4v) is 3.43. The largest absolute Gasteiger partial charge is 0.369 e. The first-order valence-corrected chi connectivity index (χ1v) is 8.65. The molecule has 114 valence electrons. The van der Waals surface area contributed by atoms with Gasteiger partial charge in [-0.25, -0.2) is 9.97 Å². The summed E-state index contributed by atoms with van der Waals surface area (Å²) in [6.45, 7) is 7.52. The first kappa shape index (κ1) is 15.0. The van der Waals surface area contributed by atoms with Crippen LogP contribution in [0.2, 0.25) is 0 Å².